The van der Waals surface area contributed by atoms with Crippen LogP contribution in [0, 0.1) is 5.92 Å². The molecular formula is C22H27N5O2. The molecule has 0 bridgehead atoms. The van der Waals surface area contributed by atoms with Crippen molar-refractivity contribution < 1.29 is 9.84 Å². The Labute approximate surface area is 170 Å². The average Bonchev–Trinajstić information content (AvgIpc) is 3.35. The molecule has 2 aromatic heterocycles. The normalized spacial score (nSPS) is 24.0. The Hall–Kier alpha value is -2.51. The molecule has 7 nitrogen and oxygen atoms in total. The van der Waals surface area contributed by atoms with E-state index < -0.39 is 0 Å². The third kappa shape index (κ3) is 3.49. The van der Waals surface area contributed by atoms with Gasteiger partial charge in [0.1, 0.15) is 12.4 Å². The lowest BCUT2D eigenvalue weighted by atomic mass is 10.0. The SMILES string of the molecule is CCc1ccc2nccc(NC[C@@H]3C[C@@H](c4nnc5n4CCOC5)C[C@@H]3O)c2c1. The van der Waals surface area contributed by atoms with Crippen LogP contribution >= 0.6 is 0 Å². The maximum absolute atomic E-state index is 10.7. The zero-order valence-corrected chi connectivity index (χ0v) is 16.7. The van der Waals surface area contributed by atoms with Crippen LogP contribution in [0.25, 0.3) is 10.9 Å². The van der Waals surface area contributed by atoms with Gasteiger partial charge in [0.05, 0.1) is 18.2 Å². The number of pyridine rings is 1. The van der Waals surface area contributed by atoms with Gasteiger partial charge in [-0.05, 0) is 43.0 Å². The number of fused-ring (bicyclic) bond motifs is 2. The van der Waals surface area contributed by atoms with Crippen molar-refractivity contribution in [3.8, 4) is 0 Å². The summed E-state index contributed by atoms with van der Waals surface area (Å²) in [5.74, 6) is 2.34. The second kappa shape index (κ2) is 7.72. The highest BCUT2D eigenvalue weighted by Gasteiger charge is 2.37. The first-order valence-corrected chi connectivity index (χ1v) is 10.5. The van der Waals surface area contributed by atoms with Crippen molar-refractivity contribution in [3.05, 3.63) is 47.7 Å². The van der Waals surface area contributed by atoms with Gasteiger partial charge in [0.25, 0.3) is 0 Å². The molecule has 2 aliphatic rings. The standard InChI is InChI=1S/C22H27N5O2/c1-2-14-3-4-18-17(9-14)19(5-6-23-18)24-12-16-10-15(11-20(16)28)22-26-25-21-13-29-8-7-27(21)22/h3-6,9,15-16,20,28H,2,7-8,10-13H2,1H3,(H,23,24)/t15-,16+,20+/m1/s1. The first-order valence-electron chi connectivity index (χ1n) is 10.5. The number of ether oxygens (including phenoxy) is 1. The van der Waals surface area contributed by atoms with Crippen molar-refractivity contribution in [1.82, 2.24) is 19.7 Å². The fourth-order valence-corrected chi connectivity index (χ4v) is 4.66. The van der Waals surface area contributed by atoms with Crippen molar-refractivity contribution in [2.45, 2.75) is 51.4 Å². The van der Waals surface area contributed by atoms with E-state index in [1.54, 1.807) is 0 Å². The number of rotatable bonds is 5. The summed E-state index contributed by atoms with van der Waals surface area (Å²) < 4.78 is 7.65. The minimum atomic E-state index is -0.334. The third-order valence-corrected chi connectivity index (χ3v) is 6.34. The third-order valence-electron chi connectivity index (χ3n) is 6.34. The first kappa shape index (κ1) is 18.5. The van der Waals surface area contributed by atoms with E-state index in [0.717, 1.165) is 60.6 Å². The minimum absolute atomic E-state index is 0.186. The molecule has 3 aromatic rings. The molecule has 0 spiro atoms. The van der Waals surface area contributed by atoms with Gasteiger partial charge in [-0.2, -0.15) is 0 Å². The van der Waals surface area contributed by atoms with E-state index in [9.17, 15) is 5.11 Å². The topological polar surface area (TPSA) is 85.1 Å². The molecule has 1 aliphatic heterocycles. The van der Waals surface area contributed by atoms with E-state index in [1.165, 1.54) is 5.56 Å². The molecule has 1 aliphatic carbocycles. The van der Waals surface area contributed by atoms with Gasteiger partial charge in [-0.15, -0.1) is 10.2 Å². The zero-order valence-electron chi connectivity index (χ0n) is 16.7. The number of hydrogen-bond acceptors (Lipinski definition) is 6. The van der Waals surface area contributed by atoms with Crippen LogP contribution in [-0.4, -0.2) is 44.1 Å². The predicted octanol–water partition coefficient (Wildman–Crippen LogP) is 2.89. The molecule has 0 saturated heterocycles. The number of anilines is 1. The first-order chi connectivity index (χ1) is 14.2. The summed E-state index contributed by atoms with van der Waals surface area (Å²) in [5.41, 5.74) is 3.38. The number of benzene rings is 1. The molecule has 152 valence electrons. The largest absolute Gasteiger partial charge is 0.393 e. The molecule has 29 heavy (non-hydrogen) atoms. The van der Waals surface area contributed by atoms with Crippen molar-refractivity contribution >= 4 is 16.6 Å². The number of hydrogen-bond donors (Lipinski definition) is 2. The van der Waals surface area contributed by atoms with Crippen LogP contribution in [-0.2, 0) is 24.3 Å². The van der Waals surface area contributed by atoms with Crippen LogP contribution in [0.3, 0.4) is 0 Å². The Kier molecular flexibility index (Phi) is 4.93. The lowest BCUT2D eigenvalue weighted by Gasteiger charge is -2.18. The highest BCUT2D eigenvalue weighted by atomic mass is 16.5. The van der Waals surface area contributed by atoms with Gasteiger partial charge < -0.3 is 19.7 Å². The van der Waals surface area contributed by atoms with E-state index in [0.29, 0.717) is 13.2 Å². The molecule has 1 aromatic carbocycles. The highest BCUT2D eigenvalue weighted by molar-refractivity contribution is 5.91. The molecule has 1 fully saturated rings. The Morgan fingerprint density at radius 1 is 1.24 bits per heavy atom. The maximum Gasteiger partial charge on any atom is 0.159 e. The van der Waals surface area contributed by atoms with E-state index >= 15 is 0 Å². The van der Waals surface area contributed by atoms with E-state index in [2.05, 4.69) is 50.2 Å². The van der Waals surface area contributed by atoms with E-state index in [1.807, 2.05) is 12.3 Å². The summed E-state index contributed by atoms with van der Waals surface area (Å²) >= 11 is 0. The van der Waals surface area contributed by atoms with Crippen molar-refractivity contribution in [3.63, 3.8) is 0 Å². The molecule has 5 rings (SSSR count). The summed E-state index contributed by atoms with van der Waals surface area (Å²) in [4.78, 5) is 4.48. The fraction of sp³-hybridized carbons (Fsp3) is 0.500. The van der Waals surface area contributed by atoms with Crippen molar-refractivity contribution in [2.75, 3.05) is 18.5 Å². The van der Waals surface area contributed by atoms with Gasteiger partial charge in [-0.3, -0.25) is 4.98 Å². The number of aliphatic hydroxyl groups is 1. The molecule has 0 amide bonds. The molecule has 3 atom stereocenters. The number of aryl methyl sites for hydroxylation is 1. The summed E-state index contributed by atoms with van der Waals surface area (Å²) in [6.45, 7) is 4.93. The zero-order chi connectivity index (χ0) is 19.8. The monoisotopic (exact) mass is 393 g/mol. The molecular weight excluding hydrogens is 366 g/mol. The lowest BCUT2D eigenvalue weighted by Crippen LogP contribution is -2.22. The fourth-order valence-electron chi connectivity index (χ4n) is 4.66. The maximum atomic E-state index is 10.7. The number of aliphatic hydroxyl groups excluding tert-OH is 1. The lowest BCUT2D eigenvalue weighted by molar-refractivity contribution is 0.0801. The second-order valence-corrected chi connectivity index (χ2v) is 8.12. The summed E-state index contributed by atoms with van der Waals surface area (Å²) in [6.07, 6.45) is 4.16. The minimum Gasteiger partial charge on any atom is -0.393 e. The molecule has 2 N–H and O–H groups in total. The Balaban J connectivity index is 1.31. The average molecular weight is 393 g/mol. The Bertz CT molecular complexity index is 1020. The number of aromatic nitrogens is 4. The van der Waals surface area contributed by atoms with E-state index in [-0.39, 0.29) is 17.9 Å². The van der Waals surface area contributed by atoms with Crippen LogP contribution in [0.15, 0.2) is 30.5 Å². The summed E-state index contributed by atoms with van der Waals surface area (Å²) in [6, 6.07) is 8.45. The van der Waals surface area contributed by atoms with Gasteiger partial charge in [0.15, 0.2) is 5.82 Å². The smallest absolute Gasteiger partial charge is 0.159 e. The number of nitrogens with zero attached hydrogens (tertiary/aromatic N) is 4. The quantitative estimate of drug-likeness (QED) is 0.693. The van der Waals surface area contributed by atoms with Crippen LogP contribution in [0.5, 0.6) is 0 Å². The van der Waals surface area contributed by atoms with Crippen LogP contribution in [0.4, 0.5) is 5.69 Å². The molecule has 7 heteroatoms. The van der Waals surface area contributed by atoms with Crippen molar-refractivity contribution in [2.24, 2.45) is 5.92 Å². The van der Waals surface area contributed by atoms with Crippen molar-refractivity contribution in [1.29, 1.82) is 0 Å². The van der Waals surface area contributed by atoms with Gasteiger partial charge >= 0.3 is 0 Å². The van der Waals surface area contributed by atoms with E-state index in [4.69, 9.17) is 4.74 Å². The predicted molar refractivity (Wildman–Crippen MR) is 111 cm³/mol. The second-order valence-electron chi connectivity index (χ2n) is 8.12. The van der Waals surface area contributed by atoms with Crippen LogP contribution in [0.1, 0.15) is 42.9 Å². The molecule has 1 saturated carbocycles. The summed E-state index contributed by atoms with van der Waals surface area (Å²) in [7, 11) is 0. The summed E-state index contributed by atoms with van der Waals surface area (Å²) in [5, 5.41) is 24.1. The molecule has 3 heterocycles. The van der Waals surface area contributed by atoms with Gasteiger partial charge in [0, 0.05) is 42.2 Å². The van der Waals surface area contributed by atoms with Crippen LogP contribution < -0.4 is 5.32 Å². The Morgan fingerprint density at radius 3 is 3.07 bits per heavy atom. The molecule has 0 radical (unpaired) electrons. The van der Waals surface area contributed by atoms with Crippen LogP contribution in [0.2, 0.25) is 0 Å². The Morgan fingerprint density at radius 2 is 2.17 bits per heavy atom. The van der Waals surface area contributed by atoms with Gasteiger partial charge in [0.2, 0.25) is 0 Å². The highest BCUT2D eigenvalue weighted by Crippen LogP contribution is 2.38. The van der Waals surface area contributed by atoms with Gasteiger partial charge in [-0.1, -0.05) is 13.0 Å². The molecule has 0 unspecified atom stereocenters. The van der Waals surface area contributed by atoms with Gasteiger partial charge in [-0.25, -0.2) is 0 Å². The number of nitrogens with one attached hydrogen (secondary N) is 1.